The number of rotatable bonds is 20. The van der Waals surface area contributed by atoms with Crippen LogP contribution in [0.15, 0.2) is 12.7 Å². The average Bonchev–Trinajstić information content (AvgIpc) is 2.72. The molecule has 0 aliphatic heterocycles. The van der Waals surface area contributed by atoms with Gasteiger partial charge in [0, 0.05) is 0 Å². The molecule has 0 fully saturated rings. The second kappa shape index (κ2) is 15.8. The van der Waals surface area contributed by atoms with Crippen molar-refractivity contribution in [1.29, 1.82) is 0 Å². The number of unbranched alkanes of at least 4 members (excludes halogenated alkanes) is 11. The van der Waals surface area contributed by atoms with Crippen molar-refractivity contribution in [2.75, 3.05) is 6.54 Å². The van der Waals surface area contributed by atoms with Gasteiger partial charge in [0.05, 0.1) is 12.5 Å². The van der Waals surface area contributed by atoms with Gasteiger partial charge >= 0.3 is 11.9 Å². The Morgan fingerprint density at radius 2 is 1.10 bits per heavy atom. The third-order valence-corrected chi connectivity index (χ3v) is 6.67. The molecule has 7 heteroatoms. The molecule has 0 heterocycles. The van der Waals surface area contributed by atoms with E-state index in [1.807, 2.05) is 6.08 Å². The summed E-state index contributed by atoms with van der Waals surface area (Å²) in [4.78, 5) is 35.0. The zero-order valence-corrected chi connectivity index (χ0v) is 19.7. The molecule has 2 N–H and O–H groups in total. The van der Waals surface area contributed by atoms with Crippen molar-refractivity contribution in [2.24, 2.45) is 0 Å². The van der Waals surface area contributed by atoms with Gasteiger partial charge in [0.25, 0.3) is 0 Å². The van der Waals surface area contributed by atoms with E-state index in [1.165, 1.54) is 59.3 Å². The van der Waals surface area contributed by atoms with Gasteiger partial charge in [-0.3, -0.25) is 4.48 Å². The van der Waals surface area contributed by atoms with Crippen molar-refractivity contribution >= 4 is 17.9 Å². The molecular weight excluding hydrogens is 398 g/mol. The van der Waals surface area contributed by atoms with Crippen LogP contribution in [-0.2, 0) is 14.4 Å². The highest BCUT2D eigenvalue weighted by molar-refractivity contribution is 5.76. The summed E-state index contributed by atoms with van der Waals surface area (Å²) in [6.07, 6.45) is 15.1. The fourth-order valence-electron chi connectivity index (χ4n) is 4.46. The van der Waals surface area contributed by atoms with Crippen molar-refractivity contribution in [1.82, 2.24) is 0 Å². The van der Waals surface area contributed by atoms with Gasteiger partial charge < -0.3 is 20.1 Å². The van der Waals surface area contributed by atoms with Gasteiger partial charge in [-0.25, -0.2) is 9.59 Å². The third kappa shape index (κ3) is 9.85. The topological polar surface area (TPSA) is 115 Å². The molecule has 0 bridgehead atoms. The molecule has 7 nitrogen and oxygen atoms in total. The van der Waals surface area contributed by atoms with E-state index in [0.29, 0.717) is 6.42 Å². The first kappa shape index (κ1) is 29.1. The van der Waals surface area contributed by atoms with Crippen LogP contribution in [0.2, 0.25) is 0 Å². The Hall–Kier alpha value is -1.89. The number of hydrogen-bond donors (Lipinski definition) is 2. The van der Waals surface area contributed by atoms with Crippen LogP contribution in [0.25, 0.3) is 0 Å². The number of carboxylic acid groups (broad SMARTS) is 3. The van der Waals surface area contributed by atoms with E-state index in [2.05, 4.69) is 6.58 Å². The molecule has 3 atom stereocenters. The van der Waals surface area contributed by atoms with E-state index < -0.39 is 40.5 Å². The summed E-state index contributed by atoms with van der Waals surface area (Å²) in [6, 6.07) is -3.56. The van der Waals surface area contributed by atoms with Crippen LogP contribution in [0.5, 0.6) is 0 Å². The predicted octanol–water partition coefficient (Wildman–Crippen LogP) is 3.76. The predicted molar refractivity (Wildman–Crippen MR) is 119 cm³/mol. The summed E-state index contributed by atoms with van der Waals surface area (Å²) >= 11 is 0. The van der Waals surface area contributed by atoms with Gasteiger partial charge in [-0.1, -0.05) is 57.4 Å². The van der Waals surface area contributed by atoms with Crippen molar-refractivity contribution in [3.8, 4) is 0 Å². The smallest absolute Gasteiger partial charge is 0.362 e. The minimum atomic E-state index is -1.43. The van der Waals surface area contributed by atoms with Crippen LogP contribution in [0.4, 0.5) is 0 Å². The molecule has 0 aliphatic carbocycles. The van der Waals surface area contributed by atoms with E-state index in [0.717, 1.165) is 32.1 Å². The number of carboxylic acids is 3. The van der Waals surface area contributed by atoms with Gasteiger partial charge in [-0.2, -0.15) is 0 Å². The summed E-state index contributed by atoms with van der Waals surface area (Å²) in [7, 11) is 0. The second-order valence-corrected chi connectivity index (χ2v) is 8.71. The SMILES string of the molecule is C=CCCCCCCCCCCCCC[N+](C(C)C(=O)[O-])(C(C)C(=O)O)C(C)C(=O)O. The molecule has 31 heavy (non-hydrogen) atoms. The van der Waals surface area contributed by atoms with Gasteiger partial charge in [-0.15, -0.1) is 6.58 Å². The highest BCUT2D eigenvalue weighted by Crippen LogP contribution is 2.27. The average molecular weight is 442 g/mol. The van der Waals surface area contributed by atoms with Crippen LogP contribution in [0.3, 0.4) is 0 Å². The Kier molecular flexibility index (Phi) is 14.9. The minimum absolute atomic E-state index is 0.181. The first-order chi connectivity index (χ1) is 14.6. The Labute approximate surface area is 187 Å². The summed E-state index contributed by atoms with van der Waals surface area (Å²) in [6.45, 7) is 8.04. The van der Waals surface area contributed by atoms with Crippen molar-refractivity contribution in [3.63, 3.8) is 0 Å². The number of quaternary nitrogens is 1. The van der Waals surface area contributed by atoms with Crippen molar-refractivity contribution < 1.29 is 34.2 Å². The highest BCUT2D eigenvalue weighted by Gasteiger charge is 2.50. The molecule has 3 unspecified atom stereocenters. The Balaban J connectivity index is 4.56. The first-order valence-electron chi connectivity index (χ1n) is 11.8. The molecule has 0 saturated heterocycles. The third-order valence-electron chi connectivity index (χ3n) is 6.67. The maximum absolute atomic E-state index is 11.7. The van der Waals surface area contributed by atoms with Gasteiger partial charge in [-0.05, 0) is 46.5 Å². The molecule has 0 aromatic heterocycles. The number of carbonyl (C=O) groups is 3. The zero-order chi connectivity index (χ0) is 23.9. The fourth-order valence-corrected chi connectivity index (χ4v) is 4.46. The summed E-state index contributed by atoms with van der Waals surface area (Å²) in [5.74, 6) is -3.83. The molecule has 0 aromatic carbocycles. The number of hydrogen-bond acceptors (Lipinski definition) is 4. The number of nitrogens with zero attached hydrogens (tertiary/aromatic N) is 1. The van der Waals surface area contributed by atoms with E-state index in [1.54, 1.807) is 0 Å². The molecule has 0 radical (unpaired) electrons. The summed E-state index contributed by atoms with van der Waals surface area (Å²) in [5, 5.41) is 30.7. The molecule has 0 amide bonds. The monoisotopic (exact) mass is 441 g/mol. The Morgan fingerprint density at radius 1 is 0.742 bits per heavy atom. The van der Waals surface area contributed by atoms with Crippen molar-refractivity contribution in [2.45, 2.75) is 116 Å². The summed E-state index contributed by atoms with van der Waals surface area (Å²) in [5.41, 5.74) is 0. The normalized spacial score (nSPS) is 16.1. The number of carbonyl (C=O) groups excluding carboxylic acids is 1. The number of aliphatic carboxylic acids is 3. The summed E-state index contributed by atoms with van der Waals surface area (Å²) < 4.78 is -0.543. The maximum Gasteiger partial charge on any atom is 0.362 e. The lowest BCUT2D eigenvalue weighted by Crippen LogP contribution is -2.72. The molecule has 0 aromatic rings. The van der Waals surface area contributed by atoms with E-state index >= 15 is 0 Å². The lowest BCUT2D eigenvalue weighted by atomic mass is 10.00. The Bertz CT molecular complexity index is 512. The maximum atomic E-state index is 11.7. The Morgan fingerprint density at radius 3 is 1.42 bits per heavy atom. The number of allylic oxidation sites excluding steroid dienone is 1. The quantitative estimate of drug-likeness (QED) is 0.169. The zero-order valence-electron chi connectivity index (χ0n) is 19.7. The minimum Gasteiger partial charge on any atom is -0.544 e. The molecule has 0 aliphatic rings. The standard InChI is InChI=1S/C24H43NO6/c1-5-6-7-8-9-10-11-12-13-14-15-16-17-18-25(19(2)22(26)27,20(3)23(28)29)21(4)24(30)31/h5,19-21H,1,6-18H2,2-4H3,(H2-,26,27,28,29,30,31). The highest BCUT2D eigenvalue weighted by atomic mass is 16.4. The lowest BCUT2D eigenvalue weighted by molar-refractivity contribution is -0.969. The van der Waals surface area contributed by atoms with Gasteiger partial charge in [0.2, 0.25) is 0 Å². The molecule has 180 valence electrons. The molecule has 0 rings (SSSR count). The molecule has 0 spiro atoms. The van der Waals surface area contributed by atoms with Crippen LogP contribution in [0.1, 0.15) is 97.8 Å². The molecular formula is C24H43NO6. The van der Waals surface area contributed by atoms with E-state index in [4.69, 9.17) is 0 Å². The van der Waals surface area contributed by atoms with Gasteiger partial charge in [0.15, 0.2) is 12.1 Å². The van der Waals surface area contributed by atoms with Crippen LogP contribution < -0.4 is 5.11 Å². The second-order valence-electron chi connectivity index (χ2n) is 8.71. The lowest BCUT2D eigenvalue weighted by Gasteiger charge is -2.49. The molecule has 0 saturated carbocycles. The largest absolute Gasteiger partial charge is 0.544 e. The van der Waals surface area contributed by atoms with Crippen LogP contribution in [-0.4, -0.2) is 57.3 Å². The van der Waals surface area contributed by atoms with Gasteiger partial charge in [0.1, 0.15) is 6.04 Å². The van der Waals surface area contributed by atoms with E-state index in [9.17, 15) is 29.7 Å². The van der Waals surface area contributed by atoms with Crippen LogP contribution in [0, 0.1) is 0 Å². The van der Waals surface area contributed by atoms with Crippen LogP contribution >= 0.6 is 0 Å². The van der Waals surface area contributed by atoms with Crippen molar-refractivity contribution in [3.05, 3.63) is 12.7 Å². The fraction of sp³-hybridized carbons (Fsp3) is 0.792. The first-order valence-corrected chi connectivity index (χ1v) is 11.8. The van der Waals surface area contributed by atoms with E-state index in [-0.39, 0.29) is 6.54 Å².